The SMILES string of the molecule is C=C(C)[C@@H](C)C[C@H](C)CCC.N. The smallest absolute Gasteiger partial charge is 0.0235 e. The van der Waals surface area contributed by atoms with E-state index in [-0.39, 0.29) is 6.15 Å². The van der Waals surface area contributed by atoms with Gasteiger partial charge >= 0.3 is 0 Å². The van der Waals surface area contributed by atoms with Gasteiger partial charge in [0.05, 0.1) is 0 Å². The molecule has 74 valence electrons. The Hall–Kier alpha value is -0.300. The fourth-order valence-electron chi connectivity index (χ4n) is 1.42. The van der Waals surface area contributed by atoms with E-state index < -0.39 is 0 Å². The zero-order chi connectivity index (χ0) is 8.85. The molecule has 0 fully saturated rings. The van der Waals surface area contributed by atoms with Crippen molar-refractivity contribution in [2.24, 2.45) is 11.8 Å². The number of hydrogen-bond acceptors (Lipinski definition) is 1. The van der Waals surface area contributed by atoms with Crippen molar-refractivity contribution in [3.63, 3.8) is 0 Å². The zero-order valence-electron chi connectivity index (χ0n) is 9.19. The van der Waals surface area contributed by atoms with Gasteiger partial charge in [-0.1, -0.05) is 45.8 Å². The monoisotopic (exact) mass is 171 g/mol. The lowest BCUT2D eigenvalue weighted by Gasteiger charge is -2.16. The normalized spacial score (nSPS) is 14.7. The van der Waals surface area contributed by atoms with Crippen molar-refractivity contribution in [2.75, 3.05) is 0 Å². The summed E-state index contributed by atoms with van der Waals surface area (Å²) in [5.74, 6) is 1.57. The first kappa shape index (κ1) is 14.2. The van der Waals surface area contributed by atoms with E-state index in [0.29, 0.717) is 5.92 Å². The molecule has 0 aromatic carbocycles. The molecule has 0 radical (unpaired) electrons. The lowest BCUT2D eigenvalue weighted by atomic mass is 9.90. The minimum Gasteiger partial charge on any atom is -0.344 e. The van der Waals surface area contributed by atoms with Crippen molar-refractivity contribution in [1.82, 2.24) is 6.15 Å². The quantitative estimate of drug-likeness (QED) is 0.618. The van der Waals surface area contributed by atoms with Crippen LogP contribution in [-0.4, -0.2) is 0 Å². The van der Waals surface area contributed by atoms with E-state index >= 15 is 0 Å². The molecule has 0 aromatic rings. The molecule has 0 amide bonds. The molecule has 0 rings (SSSR count). The molecule has 0 aromatic heterocycles. The van der Waals surface area contributed by atoms with Gasteiger partial charge < -0.3 is 6.15 Å². The summed E-state index contributed by atoms with van der Waals surface area (Å²) in [5, 5.41) is 0. The third-order valence-electron chi connectivity index (χ3n) is 2.38. The van der Waals surface area contributed by atoms with Crippen molar-refractivity contribution >= 4 is 0 Å². The van der Waals surface area contributed by atoms with Gasteiger partial charge in [-0.15, -0.1) is 0 Å². The Kier molecular flexibility index (Phi) is 8.73. The van der Waals surface area contributed by atoms with Gasteiger partial charge in [0.15, 0.2) is 0 Å². The van der Waals surface area contributed by atoms with E-state index in [2.05, 4.69) is 34.3 Å². The van der Waals surface area contributed by atoms with Crippen molar-refractivity contribution in [1.29, 1.82) is 0 Å². The summed E-state index contributed by atoms with van der Waals surface area (Å²) in [5.41, 5.74) is 1.33. The van der Waals surface area contributed by atoms with Crippen molar-refractivity contribution in [3.05, 3.63) is 12.2 Å². The number of allylic oxidation sites excluding steroid dienone is 1. The van der Waals surface area contributed by atoms with Gasteiger partial charge in [0.25, 0.3) is 0 Å². The van der Waals surface area contributed by atoms with E-state index in [1.807, 2.05) is 0 Å². The molecule has 0 aliphatic rings. The summed E-state index contributed by atoms with van der Waals surface area (Å²) in [6.45, 7) is 13.0. The Morgan fingerprint density at radius 2 is 1.83 bits per heavy atom. The highest BCUT2D eigenvalue weighted by Gasteiger charge is 2.07. The van der Waals surface area contributed by atoms with Gasteiger partial charge in [-0.3, -0.25) is 0 Å². The molecule has 1 heteroatoms. The van der Waals surface area contributed by atoms with Crippen LogP contribution in [0.5, 0.6) is 0 Å². The molecule has 2 atom stereocenters. The molecule has 0 saturated carbocycles. The standard InChI is InChI=1S/C11H22.H3N/c1-6-7-10(4)8-11(5)9(2)3;/h10-11H,2,6-8H2,1,3-5H3;1H3/t10-,11+;/m1./s1. The third-order valence-corrected chi connectivity index (χ3v) is 2.38. The molecule has 0 bridgehead atoms. The molecule has 0 aliphatic carbocycles. The third kappa shape index (κ3) is 6.41. The maximum Gasteiger partial charge on any atom is -0.0235 e. The van der Waals surface area contributed by atoms with E-state index in [9.17, 15) is 0 Å². The number of hydrogen-bond donors (Lipinski definition) is 1. The second-order valence-corrected chi connectivity index (χ2v) is 3.88. The average molecular weight is 171 g/mol. The van der Waals surface area contributed by atoms with Crippen molar-refractivity contribution in [2.45, 2.75) is 47.0 Å². The molecule has 1 nitrogen and oxygen atoms in total. The predicted octanol–water partition coefficient (Wildman–Crippen LogP) is 4.19. The molecular weight excluding hydrogens is 146 g/mol. The minimum absolute atomic E-state index is 0. The van der Waals surface area contributed by atoms with Gasteiger partial charge in [-0.05, 0) is 25.2 Å². The summed E-state index contributed by atoms with van der Waals surface area (Å²) in [7, 11) is 0. The van der Waals surface area contributed by atoms with Crippen LogP contribution < -0.4 is 6.15 Å². The first-order valence-corrected chi connectivity index (χ1v) is 4.73. The molecule has 0 heterocycles. The Labute approximate surface area is 77.8 Å². The van der Waals surface area contributed by atoms with E-state index in [4.69, 9.17) is 0 Å². The van der Waals surface area contributed by atoms with E-state index in [1.54, 1.807) is 0 Å². The summed E-state index contributed by atoms with van der Waals surface area (Å²) < 4.78 is 0. The maximum absolute atomic E-state index is 3.97. The Morgan fingerprint density at radius 1 is 1.33 bits per heavy atom. The second-order valence-electron chi connectivity index (χ2n) is 3.88. The number of rotatable bonds is 5. The van der Waals surface area contributed by atoms with Gasteiger partial charge in [0.1, 0.15) is 0 Å². The highest BCUT2D eigenvalue weighted by Crippen LogP contribution is 2.20. The summed E-state index contributed by atoms with van der Waals surface area (Å²) in [4.78, 5) is 0. The molecular formula is C11H25N. The van der Waals surface area contributed by atoms with Crippen LogP contribution in [0.2, 0.25) is 0 Å². The molecule has 0 unspecified atom stereocenters. The van der Waals surface area contributed by atoms with Crippen LogP contribution in [0.15, 0.2) is 12.2 Å². The fourth-order valence-corrected chi connectivity index (χ4v) is 1.42. The fraction of sp³-hybridized carbons (Fsp3) is 0.818. The Morgan fingerprint density at radius 3 is 2.17 bits per heavy atom. The van der Waals surface area contributed by atoms with Crippen molar-refractivity contribution in [3.8, 4) is 0 Å². The maximum atomic E-state index is 3.97. The highest BCUT2D eigenvalue weighted by atomic mass is 14.1. The van der Waals surface area contributed by atoms with Crippen LogP contribution in [0.4, 0.5) is 0 Å². The average Bonchev–Trinajstić information content (AvgIpc) is 1.87. The van der Waals surface area contributed by atoms with Gasteiger partial charge in [-0.2, -0.15) is 0 Å². The molecule has 3 N–H and O–H groups in total. The molecule has 0 saturated heterocycles. The summed E-state index contributed by atoms with van der Waals surface area (Å²) in [6, 6.07) is 0. The van der Waals surface area contributed by atoms with Crippen LogP contribution in [0.3, 0.4) is 0 Å². The minimum atomic E-state index is 0. The first-order valence-electron chi connectivity index (χ1n) is 4.73. The second kappa shape index (κ2) is 7.35. The van der Waals surface area contributed by atoms with Crippen LogP contribution in [0.1, 0.15) is 47.0 Å². The van der Waals surface area contributed by atoms with Crippen molar-refractivity contribution < 1.29 is 0 Å². The van der Waals surface area contributed by atoms with Crippen LogP contribution in [0, 0.1) is 11.8 Å². The lowest BCUT2D eigenvalue weighted by molar-refractivity contribution is 0.424. The van der Waals surface area contributed by atoms with Crippen LogP contribution in [-0.2, 0) is 0 Å². The summed E-state index contributed by atoms with van der Waals surface area (Å²) >= 11 is 0. The Bertz CT molecular complexity index is 118. The predicted molar refractivity (Wildman–Crippen MR) is 57.7 cm³/mol. The zero-order valence-corrected chi connectivity index (χ0v) is 9.19. The van der Waals surface area contributed by atoms with E-state index in [0.717, 1.165) is 5.92 Å². The largest absolute Gasteiger partial charge is 0.344 e. The van der Waals surface area contributed by atoms with Gasteiger partial charge in [0, 0.05) is 0 Å². The molecule has 0 spiro atoms. The molecule has 0 aliphatic heterocycles. The Balaban J connectivity index is 0. The first-order chi connectivity index (χ1) is 5.07. The molecule has 12 heavy (non-hydrogen) atoms. The van der Waals surface area contributed by atoms with Gasteiger partial charge in [-0.25, -0.2) is 0 Å². The van der Waals surface area contributed by atoms with Crippen LogP contribution in [0.25, 0.3) is 0 Å². The van der Waals surface area contributed by atoms with Crippen LogP contribution >= 0.6 is 0 Å². The highest BCUT2D eigenvalue weighted by molar-refractivity contribution is 4.94. The van der Waals surface area contributed by atoms with Gasteiger partial charge in [0.2, 0.25) is 0 Å². The topological polar surface area (TPSA) is 35.0 Å². The summed E-state index contributed by atoms with van der Waals surface area (Å²) in [6.07, 6.45) is 3.98. The lowest BCUT2D eigenvalue weighted by Crippen LogP contribution is -2.03. The van der Waals surface area contributed by atoms with E-state index in [1.165, 1.54) is 24.8 Å².